The molecule has 0 aliphatic heterocycles. The summed E-state index contributed by atoms with van der Waals surface area (Å²) in [6, 6.07) is 5.15. The predicted molar refractivity (Wildman–Crippen MR) is 92.4 cm³/mol. The third-order valence-electron chi connectivity index (χ3n) is 2.85. The Kier molecular flexibility index (Phi) is 11.0. The first-order valence-electron chi connectivity index (χ1n) is 7.04. The van der Waals surface area contributed by atoms with Gasteiger partial charge in [0.05, 0.1) is 12.3 Å². The maximum atomic E-state index is 12.1. The molecule has 0 saturated heterocycles. The SMILES string of the molecule is CCOCCOc1ccc(Cl)cc1NC(=O)C(C)CNC.Cl. The Morgan fingerprint density at radius 3 is 2.73 bits per heavy atom. The summed E-state index contributed by atoms with van der Waals surface area (Å²) in [7, 11) is 1.81. The molecule has 2 N–H and O–H groups in total. The molecule has 1 aromatic carbocycles. The van der Waals surface area contributed by atoms with Gasteiger partial charge >= 0.3 is 0 Å². The largest absolute Gasteiger partial charge is 0.489 e. The topological polar surface area (TPSA) is 59.6 Å². The van der Waals surface area contributed by atoms with Crippen molar-refractivity contribution < 1.29 is 14.3 Å². The van der Waals surface area contributed by atoms with E-state index in [9.17, 15) is 4.79 Å². The minimum atomic E-state index is -0.148. The summed E-state index contributed by atoms with van der Waals surface area (Å²) in [5.74, 6) is 0.357. The van der Waals surface area contributed by atoms with Crippen LogP contribution in [-0.2, 0) is 9.53 Å². The molecule has 0 radical (unpaired) electrons. The predicted octanol–water partition coefficient (Wildman–Crippen LogP) is 2.97. The quantitative estimate of drug-likeness (QED) is 0.672. The summed E-state index contributed by atoms with van der Waals surface area (Å²) in [5, 5.41) is 6.37. The molecule has 1 aromatic rings. The Balaban J connectivity index is 0.00000441. The minimum absolute atomic E-state index is 0. The van der Waals surface area contributed by atoms with Crippen LogP contribution in [0.25, 0.3) is 0 Å². The van der Waals surface area contributed by atoms with Crippen LogP contribution in [0, 0.1) is 5.92 Å². The molecule has 126 valence electrons. The van der Waals surface area contributed by atoms with Gasteiger partial charge in [-0.1, -0.05) is 18.5 Å². The molecular weight excluding hydrogens is 327 g/mol. The smallest absolute Gasteiger partial charge is 0.228 e. The normalized spacial score (nSPS) is 11.5. The van der Waals surface area contributed by atoms with Crippen molar-refractivity contribution in [2.45, 2.75) is 13.8 Å². The summed E-state index contributed by atoms with van der Waals surface area (Å²) in [4.78, 5) is 12.1. The fourth-order valence-corrected chi connectivity index (χ4v) is 1.91. The monoisotopic (exact) mass is 350 g/mol. The highest BCUT2D eigenvalue weighted by molar-refractivity contribution is 6.31. The summed E-state index contributed by atoms with van der Waals surface area (Å²) in [6.07, 6.45) is 0. The molecule has 0 aliphatic rings. The lowest BCUT2D eigenvalue weighted by Crippen LogP contribution is -2.28. The molecular formula is C15H24Cl2N2O3. The van der Waals surface area contributed by atoms with E-state index in [0.29, 0.717) is 42.8 Å². The first kappa shape index (κ1) is 21.0. The van der Waals surface area contributed by atoms with E-state index in [2.05, 4.69) is 10.6 Å². The van der Waals surface area contributed by atoms with Crippen molar-refractivity contribution in [3.05, 3.63) is 23.2 Å². The molecule has 0 heterocycles. The summed E-state index contributed by atoms with van der Waals surface area (Å²) < 4.78 is 10.8. The molecule has 0 aliphatic carbocycles. The Bertz CT molecular complexity index is 458. The highest BCUT2D eigenvalue weighted by Crippen LogP contribution is 2.28. The molecule has 1 amide bonds. The average Bonchev–Trinajstić information content (AvgIpc) is 2.45. The number of anilines is 1. The zero-order chi connectivity index (χ0) is 15.7. The Morgan fingerprint density at radius 1 is 1.36 bits per heavy atom. The van der Waals surface area contributed by atoms with Gasteiger partial charge < -0.3 is 20.1 Å². The van der Waals surface area contributed by atoms with Crippen molar-refractivity contribution in [3.63, 3.8) is 0 Å². The first-order chi connectivity index (χ1) is 10.1. The maximum absolute atomic E-state index is 12.1. The lowest BCUT2D eigenvalue weighted by Gasteiger charge is -2.15. The molecule has 0 bridgehead atoms. The third-order valence-corrected chi connectivity index (χ3v) is 3.08. The van der Waals surface area contributed by atoms with Gasteiger partial charge in [-0.15, -0.1) is 12.4 Å². The van der Waals surface area contributed by atoms with Gasteiger partial charge in [-0.25, -0.2) is 0 Å². The van der Waals surface area contributed by atoms with Gasteiger partial charge in [0.1, 0.15) is 12.4 Å². The number of hydrogen-bond donors (Lipinski definition) is 2. The van der Waals surface area contributed by atoms with Crippen LogP contribution in [0.5, 0.6) is 5.75 Å². The molecule has 0 saturated carbocycles. The van der Waals surface area contributed by atoms with E-state index >= 15 is 0 Å². The summed E-state index contributed by atoms with van der Waals surface area (Å²) in [6.45, 7) is 5.96. The van der Waals surface area contributed by atoms with Gasteiger partial charge in [0.25, 0.3) is 0 Å². The molecule has 1 rings (SSSR count). The van der Waals surface area contributed by atoms with Crippen molar-refractivity contribution in [3.8, 4) is 5.75 Å². The van der Waals surface area contributed by atoms with Gasteiger partial charge in [-0.05, 0) is 32.2 Å². The molecule has 1 unspecified atom stereocenters. The zero-order valence-corrected chi connectivity index (χ0v) is 14.7. The molecule has 0 spiro atoms. The second kappa shape index (κ2) is 11.5. The van der Waals surface area contributed by atoms with Crippen LogP contribution in [0.3, 0.4) is 0 Å². The van der Waals surface area contributed by atoms with E-state index in [-0.39, 0.29) is 24.2 Å². The third kappa shape index (κ3) is 7.31. The van der Waals surface area contributed by atoms with E-state index in [1.807, 2.05) is 20.9 Å². The number of amides is 1. The number of rotatable bonds is 9. The van der Waals surface area contributed by atoms with Crippen molar-refractivity contribution in [2.24, 2.45) is 5.92 Å². The van der Waals surface area contributed by atoms with Crippen LogP contribution >= 0.6 is 24.0 Å². The number of halogens is 2. The number of hydrogen-bond acceptors (Lipinski definition) is 4. The van der Waals surface area contributed by atoms with Gasteiger partial charge in [0.2, 0.25) is 5.91 Å². The van der Waals surface area contributed by atoms with Crippen molar-refractivity contribution in [2.75, 3.05) is 38.7 Å². The molecule has 0 aromatic heterocycles. The number of carbonyl (C=O) groups excluding carboxylic acids is 1. The maximum Gasteiger partial charge on any atom is 0.228 e. The number of nitrogens with one attached hydrogen (secondary N) is 2. The van der Waals surface area contributed by atoms with Gasteiger partial charge in [0.15, 0.2) is 0 Å². The molecule has 5 nitrogen and oxygen atoms in total. The zero-order valence-electron chi connectivity index (χ0n) is 13.1. The van der Waals surface area contributed by atoms with Crippen molar-refractivity contribution in [1.82, 2.24) is 5.32 Å². The molecule has 22 heavy (non-hydrogen) atoms. The number of benzene rings is 1. The number of ether oxygens (including phenoxy) is 2. The summed E-state index contributed by atoms with van der Waals surface area (Å²) in [5.41, 5.74) is 0.576. The lowest BCUT2D eigenvalue weighted by molar-refractivity contribution is -0.119. The van der Waals surface area contributed by atoms with E-state index in [0.717, 1.165) is 0 Å². The Labute approximate surface area is 143 Å². The minimum Gasteiger partial charge on any atom is -0.489 e. The molecule has 7 heteroatoms. The first-order valence-corrected chi connectivity index (χ1v) is 7.41. The van der Waals surface area contributed by atoms with Crippen LogP contribution < -0.4 is 15.4 Å². The van der Waals surface area contributed by atoms with Crippen LogP contribution in [0.1, 0.15) is 13.8 Å². The van der Waals surface area contributed by atoms with Crippen LogP contribution in [0.4, 0.5) is 5.69 Å². The average molecular weight is 351 g/mol. The summed E-state index contributed by atoms with van der Waals surface area (Å²) >= 11 is 5.98. The van der Waals surface area contributed by atoms with Gasteiger partial charge in [-0.2, -0.15) is 0 Å². The van der Waals surface area contributed by atoms with E-state index in [4.69, 9.17) is 21.1 Å². The second-order valence-corrected chi connectivity index (χ2v) is 5.07. The fourth-order valence-electron chi connectivity index (χ4n) is 1.74. The van der Waals surface area contributed by atoms with Crippen molar-refractivity contribution in [1.29, 1.82) is 0 Å². The second-order valence-electron chi connectivity index (χ2n) is 4.63. The van der Waals surface area contributed by atoms with Gasteiger partial charge in [0, 0.05) is 24.1 Å². The lowest BCUT2D eigenvalue weighted by atomic mass is 10.1. The standard InChI is InChI=1S/C15H23ClN2O3.ClH/c1-4-20-7-8-21-14-6-5-12(16)9-13(14)18-15(19)11(2)10-17-3;/h5-6,9,11,17H,4,7-8,10H2,1-3H3,(H,18,19);1H. The van der Waals surface area contributed by atoms with Crippen molar-refractivity contribution >= 4 is 35.6 Å². The van der Waals surface area contributed by atoms with Crippen LogP contribution in [0.2, 0.25) is 5.02 Å². The Hall–Kier alpha value is -1.01. The van der Waals surface area contributed by atoms with E-state index in [1.54, 1.807) is 18.2 Å². The fraction of sp³-hybridized carbons (Fsp3) is 0.533. The van der Waals surface area contributed by atoms with E-state index in [1.165, 1.54) is 0 Å². The van der Waals surface area contributed by atoms with Crippen LogP contribution in [0.15, 0.2) is 18.2 Å². The van der Waals surface area contributed by atoms with Crippen LogP contribution in [-0.4, -0.2) is 39.3 Å². The van der Waals surface area contributed by atoms with E-state index < -0.39 is 0 Å². The highest BCUT2D eigenvalue weighted by Gasteiger charge is 2.14. The number of carbonyl (C=O) groups is 1. The Morgan fingerprint density at radius 2 is 2.09 bits per heavy atom. The van der Waals surface area contributed by atoms with Gasteiger partial charge in [-0.3, -0.25) is 4.79 Å². The molecule has 0 fully saturated rings. The highest BCUT2D eigenvalue weighted by atomic mass is 35.5. The molecule has 1 atom stereocenters.